The summed E-state index contributed by atoms with van der Waals surface area (Å²) in [7, 11) is 0. The first-order valence-corrected chi connectivity index (χ1v) is 7.72. The zero-order valence-electron chi connectivity index (χ0n) is 12.1. The molecule has 1 saturated heterocycles. The molecule has 3 rings (SSSR count). The van der Waals surface area contributed by atoms with Crippen molar-refractivity contribution in [3.05, 3.63) is 11.9 Å². The van der Waals surface area contributed by atoms with Crippen LogP contribution in [0, 0.1) is 0 Å². The minimum Gasteiger partial charge on any atom is -0.475 e. The molecule has 1 aliphatic carbocycles. The number of ether oxygens (including phenoxy) is 2. The highest BCUT2D eigenvalue weighted by atomic mass is 16.5. The molecule has 1 saturated carbocycles. The second-order valence-electron chi connectivity index (χ2n) is 5.55. The van der Waals surface area contributed by atoms with Crippen molar-refractivity contribution in [2.45, 2.75) is 51.0 Å². The number of nitrogens with one attached hydrogen (secondary N) is 1. The Morgan fingerprint density at radius 1 is 1.30 bits per heavy atom. The molecule has 2 fully saturated rings. The van der Waals surface area contributed by atoms with Gasteiger partial charge in [-0.3, -0.25) is 0 Å². The molecule has 0 bridgehead atoms. The molecule has 5 nitrogen and oxygen atoms in total. The molecule has 0 radical (unpaired) electrons. The van der Waals surface area contributed by atoms with Crippen LogP contribution < -0.4 is 10.1 Å². The minimum absolute atomic E-state index is 0.214. The number of anilines is 1. The maximum absolute atomic E-state index is 5.83. The summed E-state index contributed by atoms with van der Waals surface area (Å²) < 4.78 is 11.5. The Hall–Kier alpha value is -1.36. The fourth-order valence-corrected chi connectivity index (χ4v) is 2.43. The third kappa shape index (κ3) is 3.60. The summed E-state index contributed by atoms with van der Waals surface area (Å²) in [6, 6.07) is 1.89. The zero-order valence-corrected chi connectivity index (χ0v) is 12.1. The van der Waals surface area contributed by atoms with E-state index in [9.17, 15) is 0 Å². The first-order chi connectivity index (χ1) is 9.85. The SMILES string of the molecule is CCNc1cc(OCC2CCCCO2)nc(C2CC2)n1. The third-order valence-electron chi connectivity index (χ3n) is 3.71. The van der Waals surface area contributed by atoms with E-state index >= 15 is 0 Å². The standard InChI is InChI=1S/C15H23N3O2/c1-2-16-13-9-14(18-15(17-13)11-6-7-11)20-10-12-5-3-4-8-19-12/h9,11-12H,2-8,10H2,1H3,(H,16,17,18). The van der Waals surface area contributed by atoms with Crippen LogP contribution in [0.2, 0.25) is 0 Å². The molecular formula is C15H23N3O2. The summed E-state index contributed by atoms with van der Waals surface area (Å²) >= 11 is 0. The quantitative estimate of drug-likeness (QED) is 0.866. The first-order valence-electron chi connectivity index (χ1n) is 7.72. The predicted molar refractivity (Wildman–Crippen MR) is 77.3 cm³/mol. The Kier molecular flexibility index (Phi) is 4.35. The lowest BCUT2D eigenvalue weighted by atomic mass is 10.1. The van der Waals surface area contributed by atoms with Gasteiger partial charge in [-0.2, -0.15) is 4.98 Å². The summed E-state index contributed by atoms with van der Waals surface area (Å²) in [5.74, 6) is 2.99. The Balaban J connectivity index is 1.64. The van der Waals surface area contributed by atoms with E-state index in [1.54, 1.807) is 0 Å². The molecule has 1 aromatic heterocycles. The van der Waals surface area contributed by atoms with Gasteiger partial charge in [0, 0.05) is 25.1 Å². The van der Waals surface area contributed by atoms with Crippen molar-refractivity contribution in [1.82, 2.24) is 9.97 Å². The highest BCUT2D eigenvalue weighted by molar-refractivity contribution is 5.39. The van der Waals surface area contributed by atoms with E-state index in [-0.39, 0.29) is 6.10 Å². The van der Waals surface area contributed by atoms with Gasteiger partial charge in [0.15, 0.2) is 0 Å². The lowest BCUT2D eigenvalue weighted by Crippen LogP contribution is -2.26. The minimum atomic E-state index is 0.214. The summed E-state index contributed by atoms with van der Waals surface area (Å²) in [4.78, 5) is 9.08. The summed E-state index contributed by atoms with van der Waals surface area (Å²) in [6.45, 7) is 4.36. The van der Waals surface area contributed by atoms with Crippen LogP contribution in [0.4, 0.5) is 5.82 Å². The molecule has 20 heavy (non-hydrogen) atoms. The van der Waals surface area contributed by atoms with Crippen LogP contribution in [0.15, 0.2) is 6.07 Å². The van der Waals surface area contributed by atoms with E-state index in [4.69, 9.17) is 9.47 Å². The molecule has 2 heterocycles. The van der Waals surface area contributed by atoms with Gasteiger partial charge in [0.1, 0.15) is 18.2 Å². The van der Waals surface area contributed by atoms with Gasteiger partial charge in [0.25, 0.3) is 0 Å². The summed E-state index contributed by atoms with van der Waals surface area (Å²) in [6.07, 6.45) is 6.08. The lowest BCUT2D eigenvalue weighted by Gasteiger charge is -2.22. The summed E-state index contributed by atoms with van der Waals surface area (Å²) in [5.41, 5.74) is 0. The smallest absolute Gasteiger partial charge is 0.218 e. The number of nitrogens with zero attached hydrogens (tertiary/aromatic N) is 2. The van der Waals surface area contributed by atoms with Gasteiger partial charge >= 0.3 is 0 Å². The molecule has 1 atom stereocenters. The molecule has 0 spiro atoms. The van der Waals surface area contributed by atoms with Crippen molar-refractivity contribution in [3.63, 3.8) is 0 Å². The number of rotatable bonds is 6. The fraction of sp³-hybridized carbons (Fsp3) is 0.733. The molecule has 0 aromatic carbocycles. The number of aromatic nitrogens is 2. The molecule has 2 aliphatic rings. The number of hydrogen-bond donors (Lipinski definition) is 1. The van der Waals surface area contributed by atoms with Crippen LogP contribution >= 0.6 is 0 Å². The third-order valence-corrected chi connectivity index (χ3v) is 3.71. The fourth-order valence-electron chi connectivity index (χ4n) is 2.43. The van der Waals surface area contributed by atoms with Crippen molar-refractivity contribution < 1.29 is 9.47 Å². The average Bonchev–Trinajstić information content (AvgIpc) is 3.31. The molecule has 1 N–H and O–H groups in total. The molecular weight excluding hydrogens is 254 g/mol. The van der Waals surface area contributed by atoms with Gasteiger partial charge in [0.2, 0.25) is 5.88 Å². The van der Waals surface area contributed by atoms with Crippen LogP contribution in [-0.4, -0.2) is 35.8 Å². The van der Waals surface area contributed by atoms with E-state index in [0.717, 1.165) is 31.2 Å². The number of hydrogen-bond acceptors (Lipinski definition) is 5. The largest absolute Gasteiger partial charge is 0.475 e. The maximum Gasteiger partial charge on any atom is 0.218 e. The van der Waals surface area contributed by atoms with Crippen molar-refractivity contribution >= 4 is 5.82 Å². The van der Waals surface area contributed by atoms with Crippen molar-refractivity contribution in [1.29, 1.82) is 0 Å². The molecule has 0 amide bonds. The zero-order chi connectivity index (χ0) is 13.8. The predicted octanol–water partition coefficient (Wildman–Crippen LogP) is 2.73. The normalized spacial score (nSPS) is 22.6. The first kappa shape index (κ1) is 13.6. The van der Waals surface area contributed by atoms with Gasteiger partial charge < -0.3 is 14.8 Å². The van der Waals surface area contributed by atoms with Gasteiger partial charge in [-0.25, -0.2) is 4.98 Å². The van der Waals surface area contributed by atoms with Crippen LogP contribution in [0.1, 0.15) is 50.8 Å². The van der Waals surface area contributed by atoms with Gasteiger partial charge in [-0.05, 0) is 39.0 Å². The van der Waals surface area contributed by atoms with Crippen LogP contribution in [0.3, 0.4) is 0 Å². The highest BCUT2D eigenvalue weighted by Crippen LogP contribution is 2.39. The van der Waals surface area contributed by atoms with Crippen molar-refractivity contribution in [3.8, 4) is 5.88 Å². The van der Waals surface area contributed by atoms with E-state index in [1.807, 2.05) is 6.07 Å². The van der Waals surface area contributed by atoms with E-state index in [2.05, 4.69) is 22.2 Å². The van der Waals surface area contributed by atoms with E-state index in [1.165, 1.54) is 25.7 Å². The topological polar surface area (TPSA) is 56.3 Å². The Morgan fingerprint density at radius 3 is 2.90 bits per heavy atom. The van der Waals surface area contributed by atoms with Crippen LogP contribution in [-0.2, 0) is 4.74 Å². The summed E-state index contributed by atoms with van der Waals surface area (Å²) in [5, 5.41) is 3.25. The lowest BCUT2D eigenvalue weighted by molar-refractivity contribution is -0.0120. The maximum atomic E-state index is 5.83. The van der Waals surface area contributed by atoms with Crippen LogP contribution in [0.25, 0.3) is 0 Å². The van der Waals surface area contributed by atoms with Gasteiger partial charge in [-0.1, -0.05) is 0 Å². The highest BCUT2D eigenvalue weighted by Gasteiger charge is 2.27. The van der Waals surface area contributed by atoms with Crippen LogP contribution in [0.5, 0.6) is 5.88 Å². The van der Waals surface area contributed by atoms with E-state index in [0.29, 0.717) is 18.4 Å². The Morgan fingerprint density at radius 2 is 2.20 bits per heavy atom. The Labute approximate surface area is 120 Å². The average molecular weight is 277 g/mol. The van der Waals surface area contributed by atoms with Crippen molar-refractivity contribution in [2.75, 3.05) is 25.1 Å². The molecule has 1 unspecified atom stereocenters. The van der Waals surface area contributed by atoms with E-state index < -0.39 is 0 Å². The van der Waals surface area contributed by atoms with Gasteiger partial charge in [0.05, 0.1) is 6.10 Å². The second-order valence-corrected chi connectivity index (χ2v) is 5.55. The van der Waals surface area contributed by atoms with Crippen molar-refractivity contribution in [2.24, 2.45) is 0 Å². The molecule has 1 aliphatic heterocycles. The van der Waals surface area contributed by atoms with Gasteiger partial charge in [-0.15, -0.1) is 0 Å². The molecule has 1 aromatic rings. The molecule has 5 heteroatoms. The monoisotopic (exact) mass is 277 g/mol. The second kappa shape index (κ2) is 6.39. The Bertz CT molecular complexity index is 443. The molecule has 110 valence electrons.